The van der Waals surface area contributed by atoms with Crippen molar-refractivity contribution in [3.8, 4) is 0 Å². The van der Waals surface area contributed by atoms with Gasteiger partial charge in [-0.05, 0) is 55.5 Å². The molecule has 1 heterocycles. The average molecular weight is 283 g/mol. The number of hydrogen-bond acceptors (Lipinski definition) is 1. The van der Waals surface area contributed by atoms with Gasteiger partial charge in [0, 0.05) is 12.5 Å². The lowest BCUT2D eigenvalue weighted by Crippen LogP contribution is -2.34. The number of nitrogens with one attached hydrogen (secondary N) is 1. The Morgan fingerprint density at radius 3 is 2.57 bits per heavy atom. The Labute approximate surface area is 126 Å². The van der Waals surface area contributed by atoms with Gasteiger partial charge in [-0.25, -0.2) is 4.39 Å². The minimum absolute atomic E-state index is 0.0889. The number of rotatable bonds is 2. The van der Waals surface area contributed by atoms with Crippen LogP contribution < -0.4 is 5.32 Å². The molecule has 2 aromatic carbocycles. The van der Waals surface area contributed by atoms with Crippen molar-refractivity contribution in [1.29, 1.82) is 0 Å². The normalized spacial score (nSPS) is 22.2. The van der Waals surface area contributed by atoms with Gasteiger partial charge in [-0.2, -0.15) is 0 Å². The first kappa shape index (κ1) is 14.3. The first-order valence-corrected chi connectivity index (χ1v) is 7.68. The number of aryl methyl sites for hydroxylation is 2. The van der Waals surface area contributed by atoms with Crippen molar-refractivity contribution in [1.82, 2.24) is 5.32 Å². The highest BCUT2D eigenvalue weighted by atomic mass is 19.1. The zero-order valence-electron chi connectivity index (χ0n) is 12.7. The van der Waals surface area contributed by atoms with E-state index in [-0.39, 0.29) is 5.82 Å². The highest BCUT2D eigenvalue weighted by molar-refractivity contribution is 5.34. The summed E-state index contributed by atoms with van der Waals surface area (Å²) >= 11 is 0. The molecule has 0 aromatic heterocycles. The zero-order valence-corrected chi connectivity index (χ0v) is 12.7. The highest BCUT2D eigenvalue weighted by Crippen LogP contribution is 2.37. The van der Waals surface area contributed by atoms with Crippen LogP contribution in [-0.4, -0.2) is 13.1 Å². The summed E-state index contributed by atoms with van der Waals surface area (Å²) in [5, 5.41) is 3.48. The van der Waals surface area contributed by atoms with Crippen LogP contribution in [0.1, 0.15) is 40.5 Å². The molecular weight excluding hydrogens is 261 g/mol. The molecule has 2 unspecified atom stereocenters. The monoisotopic (exact) mass is 283 g/mol. The van der Waals surface area contributed by atoms with Gasteiger partial charge in [0.15, 0.2) is 0 Å². The van der Waals surface area contributed by atoms with Crippen LogP contribution in [0.5, 0.6) is 0 Å². The fourth-order valence-corrected chi connectivity index (χ4v) is 3.35. The Balaban J connectivity index is 1.96. The molecular formula is C19H22FN. The van der Waals surface area contributed by atoms with Gasteiger partial charge in [0.2, 0.25) is 0 Å². The topological polar surface area (TPSA) is 12.0 Å². The summed E-state index contributed by atoms with van der Waals surface area (Å²) in [7, 11) is 0. The summed E-state index contributed by atoms with van der Waals surface area (Å²) in [5.74, 6) is 0.720. The molecule has 0 radical (unpaired) electrons. The summed E-state index contributed by atoms with van der Waals surface area (Å²) in [5.41, 5.74) is 4.49. The molecule has 2 atom stereocenters. The second-order valence-electron chi connectivity index (χ2n) is 6.13. The lowest BCUT2D eigenvalue weighted by Gasteiger charge is -2.33. The summed E-state index contributed by atoms with van der Waals surface area (Å²) in [4.78, 5) is 0. The second kappa shape index (κ2) is 5.98. The second-order valence-corrected chi connectivity index (χ2v) is 6.13. The van der Waals surface area contributed by atoms with Crippen LogP contribution in [0.2, 0.25) is 0 Å². The maximum absolute atomic E-state index is 13.9. The molecule has 2 aromatic rings. The molecule has 3 rings (SSSR count). The lowest BCUT2D eigenvalue weighted by molar-refractivity contribution is 0.403. The minimum atomic E-state index is -0.0889. The molecule has 110 valence electrons. The van der Waals surface area contributed by atoms with Crippen molar-refractivity contribution in [3.05, 3.63) is 70.5 Å². The lowest BCUT2D eigenvalue weighted by atomic mass is 9.77. The third-order valence-electron chi connectivity index (χ3n) is 4.58. The van der Waals surface area contributed by atoms with E-state index in [9.17, 15) is 4.39 Å². The molecule has 0 spiro atoms. The molecule has 1 aliphatic rings. The van der Waals surface area contributed by atoms with Crippen molar-refractivity contribution >= 4 is 0 Å². The van der Waals surface area contributed by atoms with Gasteiger partial charge in [0.1, 0.15) is 5.82 Å². The molecule has 1 aliphatic heterocycles. The van der Waals surface area contributed by atoms with Crippen LogP contribution in [0.15, 0.2) is 42.5 Å². The quantitative estimate of drug-likeness (QED) is 0.866. The SMILES string of the molecule is Cc1cccc(C2CNCCC2c2ccc(C)c(F)c2)c1. The number of piperidine rings is 1. The van der Waals surface area contributed by atoms with Crippen LogP contribution in [0, 0.1) is 19.7 Å². The van der Waals surface area contributed by atoms with Gasteiger partial charge >= 0.3 is 0 Å². The average Bonchev–Trinajstić information content (AvgIpc) is 2.50. The standard InChI is InChI=1S/C19H22FN/c1-13-4-3-5-15(10-13)18-12-21-9-8-17(18)16-7-6-14(2)19(20)11-16/h3-7,10-11,17-18,21H,8-9,12H2,1-2H3. The van der Waals surface area contributed by atoms with E-state index in [0.717, 1.165) is 30.6 Å². The van der Waals surface area contributed by atoms with Crippen molar-refractivity contribution in [3.63, 3.8) is 0 Å². The van der Waals surface area contributed by atoms with E-state index in [1.807, 2.05) is 13.0 Å². The number of benzene rings is 2. The predicted octanol–water partition coefficient (Wildman–Crippen LogP) is 4.30. The third kappa shape index (κ3) is 3.01. The van der Waals surface area contributed by atoms with Crippen molar-refractivity contribution in [2.75, 3.05) is 13.1 Å². The van der Waals surface area contributed by atoms with Crippen LogP contribution >= 0.6 is 0 Å². The van der Waals surface area contributed by atoms with Gasteiger partial charge < -0.3 is 5.32 Å². The van der Waals surface area contributed by atoms with Gasteiger partial charge in [-0.15, -0.1) is 0 Å². The maximum atomic E-state index is 13.9. The maximum Gasteiger partial charge on any atom is 0.126 e. The Hall–Kier alpha value is -1.67. The molecule has 21 heavy (non-hydrogen) atoms. The fraction of sp³-hybridized carbons (Fsp3) is 0.368. The van der Waals surface area contributed by atoms with Crippen molar-refractivity contribution in [2.45, 2.75) is 32.1 Å². The first-order valence-electron chi connectivity index (χ1n) is 7.68. The molecule has 1 saturated heterocycles. The van der Waals surface area contributed by atoms with Crippen LogP contribution in [0.25, 0.3) is 0 Å². The molecule has 1 N–H and O–H groups in total. The summed E-state index contributed by atoms with van der Waals surface area (Å²) in [6.45, 7) is 5.91. The van der Waals surface area contributed by atoms with Crippen molar-refractivity contribution < 1.29 is 4.39 Å². The van der Waals surface area contributed by atoms with Crippen LogP contribution in [0.4, 0.5) is 4.39 Å². The van der Waals surface area contributed by atoms with E-state index in [1.165, 1.54) is 11.1 Å². The Kier molecular flexibility index (Phi) is 4.07. The Morgan fingerprint density at radius 2 is 1.81 bits per heavy atom. The fourth-order valence-electron chi connectivity index (χ4n) is 3.35. The predicted molar refractivity (Wildman–Crippen MR) is 85.3 cm³/mol. The van der Waals surface area contributed by atoms with Gasteiger partial charge in [0.05, 0.1) is 0 Å². The van der Waals surface area contributed by atoms with Gasteiger partial charge in [0.25, 0.3) is 0 Å². The van der Waals surface area contributed by atoms with Gasteiger partial charge in [-0.3, -0.25) is 0 Å². The summed E-state index contributed by atoms with van der Waals surface area (Å²) < 4.78 is 13.9. The van der Waals surface area contributed by atoms with E-state index in [1.54, 1.807) is 6.07 Å². The van der Waals surface area contributed by atoms with Crippen LogP contribution in [0.3, 0.4) is 0 Å². The minimum Gasteiger partial charge on any atom is -0.316 e. The van der Waals surface area contributed by atoms with Crippen LogP contribution in [-0.2, 0) is 0 Å². The summed E-state index contributed by atoms with van der Waals surface area (Å²) in [6.07, 6.45) is 1.06. The molecule has 0 amide bonds. The molecule has 0 aliphatic carbocycles. The smallest absolute Gasteiger partial charge is 0.126 e. The molecule has 1 fully saturated rings. The largest absolute Gasteiger partial charge is 0.316 e. The Bertz CT molecular complexity index is 635. The summed E-state index contributed by atoms with van der Waals surface area (Å²) in [6, 6.07) is 14.4. The van der Waals surface area contributed by atoms with Crippen molar-refractivity contribution in [2.24, 2.45) is 0 Å². The molecule has 2 heteroatoms. The Morgan fingerprint density at radius 1 is 1.00 bits per heavy atom. The zero-order chi connectivity index (χ0) is 14.8. The van der Waals surface area contributed by atoms with E-state index < -0.39 is 0 Å². The molecule has 1 nitrogen and oxygen atoms in total. The molecule has 0 bridgehead atoms. The van der Waals surface area contributed by atoms with E-state index in [4.69, 9.17) is 0 Å². The first-order chi connectivity index (χ1) is 10.1. The highest BCUT2D eigenvalue weighted by Gasteiger charge is 2.28. The molecule has 0 saturated carbocycles. The van der Waals surface area contributed by atoms with E-state index >= 15 is 0 Å². The third-order valence-corrected chi connectivity index (χ3v) is 4.58. The van der Waals surface area contributed by atoms with E-state index in [2.05, 4.69) is 42.6 Å². The number of hydrogen-bond donors (Lipinski definition) is 1. The van der Waals surface area contributed by atoms with Gasteiger partial charge in [-0.1, -0.05) is 42.0 Å². The van der Waals surface area contributed by atoms with E-state index in [0.29, 0.717) is 11.8 Å². The number of halogens is 1.